The van der Waals surface area contributed by atoms with Crippen LogP contribution < -0.4 is 4.90 Å². The van der Waals surface area contributed by atoms with E-state index < -0.39 is 0 Å². The van der Waals surface area contributed by atoms with E-state index in [1.54, 1.807) is 12.1 Å². The third-order valence-electron chi connectivity index (χ3n) is 6.07. The number of carbonyl (C=O) groups is 1. The largest absolute Gasteiger partial charge is 0.353 e. The van der Waals surface area contributed by atoms with E-state index in [0.29, 0.717) is 25.4 Å². The van der Waals surface area contributed by atoms with E-state index in [-0.39, 0.29) is 22.4 Å². The van der Waals surface area contributed by atoms with Gasteiger partial charge in [-0.15, -0.1) is 0 Å². The summed E-state index contributed by atoms with van der Waals surface area (Å²) in [5.41, 5.74) is 3.05. The van der Waals surface area contributed by atoms with Crippen molar-refractivity contribution in [2.45, 2.75) is 46.0 Å². The van der Waals surface area contributed by atoms with Crippen LogP contribution >= 0.6 is 0 Å². The maximum atomic E-state index is 12.4. The number of anilines is 1. The Morgan fingerprint density at radius 2 is 1.77 bits per heavy atom. The number of nitrogens with zero attached hydrogens (tertiary/aromatic N) is 5. The molecule has 2 fully saturated rings. The minimum absolute atomic E-state index is 0.0866. The highest BCUT2D eigenvalue weighted by molar-refractivity contribution is 5.81. The molecule has 0 atom stereocenters. The number of carbonyl (C=O) groups excluding carboxylic acids is 1. The molecule has 1 aliphatic carbocycles. The molecule has 0 radical (unpaired) electrons. The van der Waals surface area contributed by atoms with Crippen molar-refractivity contribution in [3.05, 3.63) is 57.0 Å². The second-order valence-corrected chi connectivity index (χ2v) is 8.81. The van der Waals surface area contributed by atoms with Crippen LogP contribution in [0.3, 0.4) is 0 Å². The van der Waals surface area contributed by atoms with Crippen LogP contribution in [-0.2, 0) is 11.2 Å². The zero-order valence-corrected chi connectivity index (χ0v) is 18.4. The van der Waals surface area contributed by atoms with Gasteiger partial charge < -0.3 is 9.80 Å². The number of nitro benzene ring substituents is 1. The van der Waals surface area contributed by atoms with Gasteiger partial charge in [-0.05, 0) is 25.3 Å². The van der Waals surface area contributed by atoms with Gasteiger partial charge in [0.15, 0.2) is 0 Å². The van der Waals surface area contributed by atoms with E-state index in [9.17, 15) is 14.9 Å². The molecule has 31 heavy (non-hydrogen) atoms. The number of hydrogen-bond donors (Lipinski definition) is 0. The van der Waals surface area contributed by atoms with Crippen molar-refractivity contribution >= 4 is 17.4 Å². The number of hydrogen-bond acceptors (Lipinski definition) is 6. The lowest BCUT2D eigenvalue weighted by Gasteiger charge is -2.37. The number of rotatable bonds is 6. The van der Waals surface area contributed by atoms with Crippen molar-refractivity contribution in [2.75, 3.05) is 31.1 Å². The topological polar surface area (TPSA) is 92.5 Å². The minimum atomic E-state index is -0.386. The first-order chi connectivity index (χ1) is 14.8. The van der Waals surface area contributed by atoms with Gasteiger partial charge in [0.25, 0.3) is 5.69 Å². The summed E-state index contributed by atoms with van der Waals surface area (Å²) >= 11 is 0. The highest BCUT2D eigenvalue weighted by Crippen LogP contribution is 2.32. The Bertz CT molecular complexity index is 977. The van der Waals surface area contributed by atoms with Crippen LogP contribution in [0.2, 0.25) is 0 Å². The number of non-ortho nitro benzene ring substituents is 1. The third kappa shape index (κ3) is 4.68. The summed E-state index contributed by atoms with van der Waals surface area (Å²) < 4.78 is 0. The molecule has 1 saturated carbocycles. The van der Waals surface area contributed by atoms with E-state index in [2.05, 4.69) is 18.7 Å². The van der Waals surface area contributed by atoms with Gasteiger partial charge in [0.05, 0.1) is 4.92 Å². The molecular formula is C23H29N5O3. The number of benzene rings is 1. The minimum Gasteiger partial charge on any atom is -0.353 e. The van der Waals surface area contributed by atoms with Crippen LogP contribution in [0.4, 0.5) is 11.5 Å². The first-order valence-corrected chi connectivity index (χ1v) is 11.0. The Morgan fingerprint density at radius 1 is 1.13 bits per heavy atom. The summed E-state index contributed by atoms with van der Waals surface area (Å²) in [6.07, 6.45) is 2.67. The van der Waals surface area contributed by atoms with Crippen LogP contribution in [0, 0.1) is 23.0 Å². The molecule has 0 unspecified atom stereocenters. The van der Waals surface area contributed by atoms with E-state index in [0.717, 1.165) is 54.4 Å². The molecule has 2 aromatic rings. The molecule has 1 aromatic carbocycles. The fourth-order valence-electron chi connectivity index (χ4n) is 4.00. The first kappa shape index (κ1) is 21.2. The van der Waals surface area contributed by atoms with Gasteiger partial charge in [-0.1, -0.05) is 26.0 Å². The van der Waals surface area contributed by atoms with Crippen LogP contribution in [0.5, 0.6) is 0 Å². The predicted molar refractivity (Wildman–Crippen MR) is 118 cm³/mol. The Morgan fingerprint density at radius 3 is 2.32 bits per heavy atom. The summed E-state index contributed by atoms with van der Waals surface area (Å²) in [6, 6.07) is 6.67. The van der Waals surface area contributed by atoms with E-state index >= 15 is 0 Å². The molecule has 164 valence electrons. The monoisotopic (exact) mass is 423 g/mol. The third-order valence-corrected chi connectivity index (χ3v) is 6.07. The van der Waals surface area contributed by atoms with E-state index in [1.807, 2.05) is 11.8 Å². The molecule has 8 nitrogen and oxygen atoms in total. The molecule has 0 N–H and O–H groups in total. The van der Waals surface area contributed by atoms with Crippen molar-refractivity contribution in [3.8, 4) is 0 Å². The van der Waals surface area contributed by atoms with Crippen LogP contribution in [0.1, 0.15) is 55.3 Å². The summed E-state index contributed by atoms with van der Waals surface area (Å²) in [4.78, 5) is 36.9. The van der Waals surface area contributed by atoms with Gasteiger partial charge in [0.2, 0.25) is 5.91 Å². The van der Waals surface area contributed by atoms with E-state index in [1.165, 1.54) is 12.1 Å². The Hall–Kier alpha value is -3.03. The van der Waals surface area contributed by atoms with Crippen LogP contribution in [-0.4, -0.2) is 51.9 Å². The molecular weight excluding hydrogens is 394 g/mol. The van der Waals surface area contributed by atoms with Gasteiger partial charge in [0, 0.05) is 67.8 Å². The summed E-state index contributed by atoms with van der Waals surface area (Å²) in [5.74, 6) is 2.50. The van der Waals surface area contributed by atoms with Gasteiger partial charge in [0.1, 0.15) is 11.6 Å². The zero-order valence-electron chi connectivity index (χ0n) is 18.4. The molecule has 1 aromatic heterocycles. The van der Waals surface area contributed by atoms with Crippen molar-refractivity contribution < 1.29 is 9.72 Å². The highest BCUT2D eigenvalue weighted by atomic mass is 16.6. The Kier molecular flexibility index (Phi) is 5.89. The van der Waals surface area contributed by atoms with Gasteiger partial charge in [-0.25, -0.2) is 9.97 Å². The van der Waals surface area contributed by atoms with Crippen LogP contribution in [0.15, 0.2) is 24.3 Å². The SMILES string of the molecule is Cc1nc(C(C)C)nc(N2CCN(C(=O)C3CC3)CC2)c1Cc1ccc([N+](=O)[O-])cc1. The molecule has 8 heteroatoms. The fourth-order valence-corrected chi connectivity index (χ4v) is 4.00. The second kappa shape index (κ2) is 8.61. The lowest BCUT2D eigenvalue weighted by molar-refractivity contribution is -0.384. The summed E-state index contributed by atoms with van der Waals surface area (Å²) in [5, 5.41) is 11.0. The normalized spacial score (nSPS) is 16.6. The Labute approximate surface area is 182 Å². The molecule has 1 saturated heterocycles. The Balaban J connectivity index is 1.59. The van der Waals surface area contributed by atoms with Crippen molar-refractivity contribution in [1.29, 1.82) is 0 Å². The van der Waals surface area contributed by atoms with Gasteiger partial charge in [-0.2, -0.15) is 0 Å². The fraction of sp³-hybridized carbons (Fsp3) is 0.522. The maximum absolute atomic E-state index is 12.4. The average Bonchev–Trinajstić information content (AvgIpc) is 3.60. The quantitative estimate of drug-likeness (QED) is 0.522. The molecule has 1 aliphatic heterocycles. The number of aromatic nitrogens is 2. The average molecular weight is 424 g/mol. The lowest BCUT2D eigenvalue weighted by Crippen LogP contribution is -2.49. The molecule has 2 aliphatic rings. The van der Waals surface area contributed by atoms with Crippen molar-refractivity contribution in [1.82, 2.24) is 14.9 Å². The van der Waals surface area contributed by atoms with Gasteiger partial charge in [-0.3, -0.25) is 14.9 Å². The highest BCUT2D eigenvalue weighted by Gasteiger charge is 2.35. The number of piperazine rings is 1. The lowest BCUT2D eigenvalue weighted by atomic mass is 10.0. The van der Waals surface area contributed by atoms with Crippen molar-refractivity contribution in [3.63, 3.8) is 0 Å². The molecule has 0 bridgehead atoms. The van der Waals surface area contributed by atoms with Crippen molar-refractivity contribution in [2.24, 2.45) is 5.92 Å². The number of aryl methyl sites for hydroxylation is 1. The molecule has 1 amide bonds. The summed E-state index contributed by atoms with van der Waals surface area (Å²) in [7, 11) is 0. The second-order valence-electron chi connectivity index (χ2n) is 8.81. The summed E-state index contributed by atoms with van der Waals surface area (Å²) in [6.45, 7) is 9.10. The molecule has 4 rings (SSSR count). The first-order valence-electron chi connectivity index (χ1n) is 11.0. The predicted octanol–water partition coefficient (Wildman–Crippen LogP) is 3.47. The molecule has 0 spiro atoms. The number of nitro groups is 1. The number of amides is 1. The maximum Gasteiger partial charge on any atom is 0.269 e. The zero-order chi connectivity index (χ0) is 22.1. The van der Waals surface area contributed by atoms with Gasteiger partial charge >= 0.3 is 0 Å². The van der Waals surface area contributed by atoms with E-state index in [4.69, 9.17) is 9.97 Å². The standard InChI is InChI=1S/C23H29N5O3/c1-15(2)21-24-16(3)20(14-17-4-8-19(9-5-17)28(30)31)22(25-21)26-10-12-27(13-11-26)23(29)18-6-7-18/h4-5,8-9,15,18H,6-7,10-14H2,1-3H3. The molecule has 2 heterocycles. The van der Waals surface area contributed by atoms with Crippen LogP contribution in [0.25, 0.3) is 0 Å². The smallest absolute Gasteiger partial charge is 0.269 e.